The first-order chi connectivity index (χ1) is 28.7. The molecule has 0 saturated heterocycles. The first kappa shape index (κ1) is 33.5. The summed E-state index contributed by atoms with van der Waals surface area (Å²) < 4.78 is 4.87. The van der Waals surface area contributed by atoms with Crippen LogP contribution in [0.3, 0.4) is 0 Å². The number of fused-ring (bicyclic) bond motifs is 8. The van der Waals surface area contributed by atoms with E-state index in [1.54, 1.807) is 0 Å². The fourth-order valence-electron chi connectivity index (χ4n) is 8.63. The summed E-state index contributed by atoms with van der Waals surface area (Å²) in [6, 6.07) is 70.7. The van der Waals surface area contributed by atoms with Crippen LogP contribution in [0.1, 0.15) is 16.7 Å². The normalized spacial score (nSPS) is 12.2. The lowest BCUT2D eigenvalue weighted by atomic mass is 10.0. The molecule has 0 spiro atoms. The van der Waals surface area contributed by atoms with Crippen molar-refractivity contribution in [1.82, 2.24) is 9.13 Å². The summed E-state index contributed by atoms with van der Waals surface area (Å²) in [5.41, 5.74) is 10.5. The third kappa shape index (κ3) is 5.62. The third-order valence-electron chi connectivity index (χ3n) is 11.4. The van der Waals surface area contributed by atoms with E-state index in [4.69, 9.17) is 10.4 Å². The van der Waals surface area contributed by atoms with E-state index in [2.05, 4.69) is 155 Å². The number of rotatable bonds is 6. The van der Waals surface area contributed by atoms with Gasteiger partial charge in [-0.15, -0.1) is 0 Å². The Labute approximate surface area is 335 Å². The molecule has 0 radical (unpaired) electrons. The molecule has 0 unspecified atom stereocenters. The topological polar surface area (TPSA) is 46.1 Å². The summed E-state index contributed by atoms with van der Waals surface area (Å²) in [6.07, 6.45) is 4.11. The van der Waals surface area contributed by atoms with Gasteiger partial charge in [0.2, 0.25) is 0 Å². The van der Waals surface area contributed by atoms with Gasteiger partial charge in [-0.3, -0.25) is 5.41 Å². The molecular formula is C54H36N4. The highest BCUT2D eigenvalue weighted by Gasteiger charge is 2.19. The number of nitrogens with zero attached hydrogens (tertiary/aromatic N) is 3. The summed E-state index contributed by atoms with van der Waals surface area (Å²) >= 11 is 0. The number of allylic oxidation sites excluding steroid dienone is 1. The maximum atomic E-state index is 8.74. The molecule has 272 valence electrons. The lowest BCUT2D eigenvalue weighted by Gasteiger charge is -2.13. The van der Waals surface area contributed by atoms with Gasteiger partial charge in [-0.1, -0.05) is 158 Å². The minimum Gasteiger partial charge on any atom is -0.309 e. The molecule has 0 aliphatic carbocycles. The van der Waals surface area contributed by atoms with Gasteiger partial charge in [-0.25, -0.2) is 4.99 Å². The largest absolute Gasteiger partial charge is 0.309 e. The first-order valence-corrected chi connectivity index (χ1v) is 19.6. The molecule has 0 bridgehead atoms. The van der Waals surface area contributed by atoms with E-state index in [-0.39, 0.29) is 5.84 Å². The van der Waals surface area contributed by atoms with Crippen LogP contribution in [0.25, 0.3) is 82.6 Å². The molecule has 0 aliphatic heterocycles. The summed E-state index contributed by atoms with van der Waals surface area (Å²) in [5, 5.41) is 18.5. The summed E-state index contributed by atoms with van der Waals surface area (Å²) in [4.78, 5) is 4.78. The van der Waals surface area contributed by atoms with Crippen molar-refractivity contribution in [2.45, 2.75) is 0 Å². The fourth-order valence-corrected chi connectivity index (χ4v) is 8.63. The Bertz CT molecular complexity index is 3460. The molecule has 2 aromatic heterocycles. The summed E-state index contributed by atoms with van der Waals surface area (Å²) in [6.45, 7) is 0. The van der Waals surface area contributed by atoms with Crippen LogP contribution in [-0.4, -0.2) is 20.7 Å². The Morgan fingerprint density at radius 1 is 0.414 bits per heavy atom. The minimum absolute atomic E-state index is 0.230. The van der Waals surface area contributed by atoms with Crippen LogP contribution < -0.4 is 0 Å². The molecule has 9 aromatic carbocycles. The fraction of sp³-hybridized carbons (Fsp3) is 0. The van der Waals surface area contributed by atoms with Crippen LogP contribution in [0.2, 0.25) is 0 Å². The standard InChI is InChI=1S/C54H36N4/c55-54(39-17-5-2-6-18-39)56-48(38-15-3-1-4-16-38)31-27-36-26-30-43-41(32-36)20-13-25-49(43)58-51-24-12-10-22-45(51)47-34-46-44-21-9-11-23-50(44)57(52(46)35-53(47)58)42-29-28-37-14-7-8-19-40(37)33-42/h1-35,55H/b31-27+,55-54?,56-48?. The van der Waals surface area contributed by atoms with Gasteiger partial charge in [0.05, 0.1) is 33.5 Å². The van der Waals surface area contributed by atoms with Crippen molar-refractivity contribution in [1.29, 1.82) is 5.41 Å². The Balaban J connectivity index is 1.07. The lowest BCUT2D eigenvalue weighted by molar-refractivity contribution is 1.17. The molecule has 1 N–H and O–H groups in total. The van der Waals surface area contributed by atoms with Crippen LogP contribution in [0.15, 0.2) is 211 Å². The second-order valence-electron chi connectivity index (χ2n) is 14.8. The van der Waals surface area contributed by atoms with E-state index in [0.717, 1.165) is 39.2 Å². The van der Waals surface area contributed by atoms with Crippen LogP contribution in [-0.2, 0) is 0 Å². The number of hydrogen-bond acceptors (Lipinski definition) is 1. The van der Waals surface area contributed by atoms with E-state index >= 15 is 0 Å². The Hall–Kier alpha value is -7.82. The van der Waals surface area contributed by atoms with Gasteiger partial charge in [0.15, 0.2) is 5.84 Å². The summed E-state index contributed by atoms with van der Waals surface area (Å²) in [5.74, 6) is 0.230. The van der Waals surface area contributed by atoms with Crippen molar-refractivity contribution in [3.63, 3.8) is 0 Å². The number of benzene rings is 9. The zero-order valence-corrected chi connectivity index (χ0v) is 31.5. The van der Waals surface area contributed by atoms with Gasteiger partial charge in [0, 0.05) is 43.7 Å². The molecule has 0 atom stereocenters. The third-order valence-corrected chi connectivity index (χ3v) is 11.4. The lowest BCUT2D eigenvalue weighted by Crippen LogP contribution is -2.03. The number of aliphatic imine (C=N–C) groups is 1. The molecule has 11 aromatic rings. The minimum atomic E-state index is 0.230. The van der Waals surface area contributed by atoms with Gasteiger partial charge in [-0.05, 0) is 76.3 Å². The second kappa shape index (κ2) is 13.7. The summed E-state index contributed by atoms with van der Waals surface area (Å²) in [7, 11) is 0. The quantitative estimate of drug-likeness (QED) is 0.130. The molecular weight excluding hydrogens is 705 g/mol. The van der Waals surface area contributed by atoms with Gasteiger partial charge in [0.1, 0.15) is 0 Å². The predicted octanol–water partition coefficient (Wildman–Crippen LogP) is 13.7. The van der Waals surface area contributed by atoms with Crippen LogP contribution in [0.5, 0.6) is 0 Å². The molecule has 2 heterocycles. The highest BCUT2D eigenvalue weighted by molar-refractivity contribution is 6.20. The molecule has 0 amide bonds. The van der Waals surface area contributed by atoms with Crippen molar-refractivity contribution in [3.05, 3.63) is 223 Å². The van der Waals surface area contributed by atoms with E-state index in [1.165, 1.54) is 59.8 Å². The highest BCUT2D eigenvalue weighted by atomic mass is 15.0. The monoisotopic (exact) mass is 740 g/mol. The van der Waals surface area contributed by atoms with E-state index in [0.29, 0.717) is 0 Å². The molecule has 4 heteroatoms. The maximum Gasteiger partial charge on any atom is 0.152 e. The van der Waals surface area contributed by atoms with E-state index < -0.39 is 0 Å². The van der Waals surface area contributed by atoms with E-state index in [1.807, 2.05) is 66.7 Å². The maximum absolute atomic E-state index is 8.74. The van der Waals surface area contributed by atoms with Gasteiger partial charge in [0.25, 0.3) is 0 Å². The number of aromatic nitrogens is 2. The molecule has 11 rings (SSSR count). The van der Waals surface area contributed by atoms with Crippen molar-refractivity contribution >= 4 is 82.8 Å². The number of nitrogens with one attached hydrogen (secondary N) is 1. The SMILES string of the molecule is N=C(N=C(/C=C/c1ccc2c(-n3c4ccccc4c4cc5c6ccccc6n(-c6ccc7ccccc7c6)c5cc43)cccc2c1)c1ccccc1)c1ccccc1. The van der Waals surface area contributed by atoms with Crippen LogP contribution in [0, 0.1) is 5.41 Å². The van der Waals surface area contributed by atoms with Crippen molar-refractivity contribution in [2.75, 3.05) is 0 Å². The average Bonchev–Trinajstić information content (AvgIpc) is 3.78. The van der Waals surface area contributed by atoms with Gasteiger partial charge >= 0.3 is 0 Å². The number of amidine groups is 1. The Morgan fingerprint density at radius 3 is 1.79 bits per heavy atom. The van der Waals surface area contributed by atoms with Crippen LogP contribution >= 0.6 is 0 Å². The van der Waals surface area contributed by atoms with Crippen molar-refractivity contribution < 1.29 is 0 Å². The number of hydrogen-bond donors (Lipinski definition) is 1. The number of para-hydroxylation sites is 2. The Kier molecular flexibility index (Phi) is 7.93. The zero-order valence-electron chi connectivity index (χ0n) is 31.5. The molecule has 0 saturated carbocycles. The molecule has 0 aliphatic rings. The van der Waals surface area contributed by atoms with Gasteiger partial charge in [-0.2, -0.15) is 0 Å². The second-order valence-corrected chi connectivity index (χ2v) is 14.8. The molecule has 0 fully saturated rings. The highest BCUT2D eigenvalue weighted by Crippen LogP contribution is 2.41. The average molecular weight is 741 g/mol. The molecule has 58 heavy (non-hydrogen) atoms. The van der Waals surface area contributed by atoms with Crippen molar-refractivity contribution in [3.8, 4) is 11.4 Å². The molecule has 4 nitrogen and oxygen atoms in total. The van der Waals surface area contributed by atoms with Gasteiger partial charge < -0.3 is 9.13 Å². The Morgan fingerprint density at radius 2 is 1.03 bits per heavy atom. The first-order valence-electron chi connectivity index (χ1n) is 19.6. The predicted molar refractivity (Wildman–Crippen MR) is 245 cm³/mol. The zero-order chi connectivity index (χ0) is 38.6. The smallest absolute Gasteiger partial charge is 0.152 e. The van der Waals surface area contributed by atoms with Crippen LogP contribution in [0.4, 0.5) is 0 Å². The van der Waals surface area contributed by atoms with Crippen molar-refractivity contribution in [2.24, 2.45) is 4.99 Å². The van der Waals surface area contributed by atoms with E-state index in [9.17, 15) is 0 Å².